The molecular weight excluding hydrogens is 869 g/mol. The summed E-state index contributed by atoms with van der Waals surface area (Å²) in [4.78, 5) is 10.9. The van der Waals surface area contributed by atoms with Crippen LogP contribution in [-0.4, -0.2) is 49.6 Å². The Bertz CT molecular complexity index is 768. The van der Waals surface area contributed by atoms with Crippen LogP contribution in [0.1, 0.15) is 5.56 Å². The molecule has 0 aliphatic rings. The number of phenols is 1. The van der Waals surface area contributed by atoms with Crippen LogP contribution in [-0.2, 0) is 11.2 Å². The summed E-state index contributed by atoms with van der Waals surface area (Å²) < 4.78 is 9.14. The second kappa shape index (κ2) is 18.6. The van der Waals surface area contributed by atoms with Crippen molar-refractivity contribution in [3.63, 3.8) is 0 Å². The van der Waals surface area contributed by atoms with Crippen molar-refractivity contribution in [1.29, 1.82) is 0 Å². The summed E-state index contributed by atoms with van der Waals surface area (Å²) in [5.74, 6) is 0.549. The Balaban J connectivity index is -0.000000347. The van der Waals surface area contributed by atoms with Gasteiger partial charge in [0.15, 0.2) is 5.75 Å². The number of carboxylic acids is 1. The zero-order valence-corrected chi connectivity index (χ0v) is 26.0. The van der Waals surface area contributed by atoms with E-state index in [0.717, 1.165) is 12.7 Å². The number of benzene rings is 2. The molecule has 0 aromatic heterocycles. The predicted octanol–water partition coefficient (Wildman–Crippen LogP) is -2.56. The molecule has 1 atom stereocenters. The molecular formula is C15H21I4NNaO9+. The topological polar surface area (TPSA) is 250 Å². The van der Waals surface area contributed by atoms with Gasteiger partial charge in [-0.05, 0) is 127 Å². The third-order valence-corrected chi connectivity index (χ3v) is 6.29. The molecule has 2 rings (SSSR count). The van der Waals surface area contributed by atoms with Gasteiger partial charge >= 0.3 is 35.5 Å². The van der Waals surface area contributed by atoms with Crippen molar-refractivity contribution in [1.82, 2.24) is 0 Å². The SMILES string of the molecule is N[C@@H](Cc1cc(I)c(Oc2cc(I)c(O)c(I)c2)c(I)c1)C(=O)O.O.O.O.O.O.[Na+]. The first-order valence-corrected chi connectivity index (χ1v) is 10.8. The van der Waals surface area contributed by atoms with Gasteiger partial charge in [0, 0.05) is 0 Å². The molecule has 0 saturated carbocycles. The van der Waals surface area contributed by atoms with E-state index in [0.29, 0.717) is 18.6 Å². The summed E-state index contributed by atoms with van der Waals surface area (Å²) in [6, 6.07) is 6.34. The number of phenolic OH excluding ortho intramolecular Hbond substituents is 1. The molecule has 0 amide bonds. The fourth-order valence-electron chi connectivity index (χ4n) is 1.89. The maximum Gasteiger partial charge on any atom is 1.00 e. The third-order valence-electron chi connectivity index (χ3n) is 3.04. The van der Waals surface area contributed by atoms with Crippen molar-refractivity contribution in [2.45, 2.75) is 12.5 Å². The Labute approximate surface area is 249 Å². The van der Waals surface area contributed by atoms with E-state index in [1.807, 2.05) is 12.1 Å². The standard InChI is InChI=1S/C15H11I4NO4.Na.5H2O/c16-8-4-7(5-9(17)13(8)21)24-14-10(18)1-6(2-11(14)19)3-12(20)15(22)23;;;;;;/h1-2,4-5,12,21H,3,20H2,(H,22,23);;5*1H2/q;+1;;;;;/t12-;;;;;;/m0....../s1. The van der Waals surface area contributed by atoms with Gasteiger partial charge in [0.1, 0.15) is 17.5 Å². The minimum Gasteiger partial charge on any atom is -0.506 e. The van der Waals surface area contributed by atoms with Gasteiger partial charge in [-0.3, -0.25) is 4.79 Å². The van der Waals surface area contributed by atoms with Crippen molar-refractivity contribution in [2.24, 2.45) is 5.73 Å². The summed E-state index contributed by atoms with van der Waals surface area (Å²) in [6.07, 6.45) is 0.261. The molecule has 0 spiro atoms. The summed E-state index contributed by atoms with van der Waals surface area (Å²) in [5.41, 5.74) is 6.44. The van der Waals surface area contributed by atoms with Crippen LogP contribution in [0.2, 0.25) is 0 Å². The maximum atomic E-state index is 10.9. The van der Waals surface area contributed by atoms with Crippen LogP contribution in [0, 0.1) is 14.3 Å². The number of rotatable bonds is 5. The molecule has 2 aromatic carbocycles. The molecule has 30 heavy (non-hydrogen) atoms. The number of ether oxygens (including phenoxy) is 1. The molecule has 0 bridgehead atoms. The third kappa shape index (κ3) is 11.4. The van der Waals surface area contributed by atoms with Gasteiger partial charge in [0.2, 0.25) is 0 Å². The van der Waals surface area contributed by atoms with E-state index in [2.05, 4.69) is 90.4 Å². The monoisotopic (exact) mass is 890 g/mol. The molecule has 0 unspecified atom stereocenters. The fraction of sp³-hybridized carbons (Fsp3) is 0.133. The number of aliphatic carboxylic acids is 1. The Morgan fingerprint density at radius 1 is 0.900 bits per heavy atom. The molecule has 0 saturated heterocycles. The van der Waals surface area contributed by atoms with Crippen molar-refractivity contribution < 1.29 is 76.7 Å². The Hall–Kier alpha value is 1.19. The van der Waals surface area contributed by atoms with E-state index in [4.69, 9.17) is 15.6 Å². The van der Waals surface area contributed by atoms with Crippen LogP contribution in [0.25, 0.3) is 0 Å². The van der Waals surface area contributed by atoms with Gasteiger partial charge in [-0.1, -0.05) is 0 Å². The minimum absolute atomic E-state index is 0. The Morgan fingerprint density at radius 2 is 1.30 bits per heavy atom. The van der Waals surface area contributed by atoms with Gasteiger partial charge < -0.3 is 48.1 Å². The van der Waals surface area contributed by atoms with Gasteiger partial charge in [-0.25, -0.2) is 0 Å². The molecule has 10 nitrogen and oxygen atoms in total. The van der Waals surface area contributed by atoms with Crippen molar-refractivity contribution in [3.05, 3.63) is 44.1 Å². The second-order valence-electron chi connectivity index (χ2n) is 4.88. The molecule has 0 aliphatic heterocycles. The van der Waals surface area contributed by atoms with Gasteiger partial charge in [-0.15, -0.1) is 0 Å². The molecule has 2 aromatic rings. The number of hydrogen-bond acceptors (Lipinski definition) is 4. The normalized spacial score (nSPS) is 9.63. The average Bonchev–Trinajstić information content (AvgIpc) is 2.48. The quantitative estimate of drug-likeness (QED) is 0.216. The summed E-state index contributed by atoms with van der Waals surface area (Å²) >= 11 is 8.42. The van der Waals surface area contributed by atoms with Crippen LogP contribution in [0.15, 0.2) is 24.3 Å². The van der Waals surface area contributed by atoms with Crippen LogP contribution in [0.5, 0.6) is 17.2 Å². The number of nitrogens with two attached hydrogens (primary N) is 1. The number of hydrogen-bond donors (Lipinski definition) is 3. The largest absolute Gasteiger partial charge is 1.00 e. The fourth-order valence-corrected chi connectivity index (χ4v) is 5.72. The minimum atomic E-state index is -1.02. The maximum absolute atomic E-state index is 10.9. The zero-order chi connectivity index (χ0) is 18.0. The number of carboxylic acid groups (broad SMARTS) is 1. The first kappa shape index (κ1) is 41.4. The van der Waals surface area contributed by atoms with E-state index in [-0.39, 0.29) is 69.1 Å². The van der Waals surface area contributed by atoms with Gasteiger partial charge in [0.05, 0.1) is 14.3 Å². The molecule has 15 heteroatoms. The van der Waals surface area contributed by atoms with E-state index in [1.54, 1.807) is 12.1 Å². The van der Waals surface area contributed by atoms with Gasteiger partial charge in [0.25, 0.3) is 0 Å². The van der Waals surface area contributed by atoms with Crippen molar-refractivity contribution in [3.8, 4) is 17.2 Å². The molecule has 0 aliphatic carbocycles. The van der Waals surface area contributed by atoms with E-state index in [9.17, 15) is 9.90 Å². The van der Waals surface area contributed by atoms with E-state index in [1.165, 1.54) is 0 Å². The van der Waals surface area contributed by atoms with Crippen molar-refractivity contribution in [2.75, 3.05) is 0 Å². The summed E-state index contributed by atoms with van der Waals surface area (Å²) in [6.45, 7) is 0. The first-order valence-electron chi connectivity index (χ1n) is 6.51. The molecule has 14 N–H and O–H groups in total. The van der Waals surface area contributed by atoms with Crippen LogP contribution < -0.4 is 40.0 Å². The smallest absolute Gasteiger partial charge is 0.506 e. The summed E-state index contributed by atoms with van der Waals surface area (Å²) in [5, 5.41) is 18.8. The molecule has 0 radical (unpaired) electrons. The predicted molar refractivity (Wildman–Crippen MR) is 143 cm³/mol. The van der Waals surface area contributed by atoms with E-state index >= 15 is 0 Å². The zero-order valence-electron chi connectivity index (χ0n) is 15.4. The van der Waals surface area contributed by atoms with Gasteiger partial charge in [-0.2, -0.15) is 0 Å². The van der Waals surface area contributed by atoms with Crippen LogP contribution in [0.3, 0.4) is 0 Å². The van der Waals surface area contributed by atoms with Crippen LogP contribution >= 0.6 is 90.4 Å². The summed E-state index contributed by atoms with van der Waals surface area (Å²) in [7, 11) is 0. The average molecular weight is 890 g/mol. The molecule has 0 heterocycles. The Morgan fingerprint density at radius 3 is 1.67 bits per heavy atom. The number of carbonyl (C=O) groups is 1. The second-order valence-corrected chi connectivity index (χ2v) is 9.52. The first-order chi connectivity index (χ1) is 11.2. The molecule has 168 valence electrons. The number of aromatic hydroxyl groups is 1. The Kier molecular flexibility index (Phi) is 25.7. The van der Waals surface area contributed by atoms with Crippen molar-refractivity contribution >= 4 is 96.3 Å². The molecule has 0 fully saturated rings. The number of halogens is 4. The van der Waals surface area contributed by atoms with E-state index < -0.39 is 12.0 Å². The van der Waals surface area contributed by atoms with Crippen LogP contribution in [0.4, 0.5) is 0 Å².